The van der Waals surface area contributed by atoms with E-state index in [2.05, 4.69) is 5.10 Å². The lowest BCUT2D eigenvalue weighted by molar-refractivity contribution is -0.142. The van der Waals surface area contributed by atoms with E-state index in [1.807, 2.05) is 0 Å². The number of fused-ring (bicyclic) bond motifs is 3. The van der Waals surface area contributed by atoms with E-state index in [0.717, 1.165) is 4.68 Å². The first-order valence-corrected chi connectivity index (χ1v) is 5.77. The van der Waals surface area contributed by atoms with Crippen molar-refractivity contribution < 1.29 is 22.0 Å². The van der Waals surface area contributed by atoms with Crippen LogP contribution in [0.1, 0.15) is 36.7 Å². The molecule has 0 bridgehead atoms. The van der Waals surface area contributed by atoms with Crippen molar-refractivity contribution in [3.63, 3.8) is 0 Å². The Morgan fingerprint density at radius 2 is 1.94 bits per heavy atom. The van der Waals surface area contributed by atoms with E-state index < -0.39 is 41.2 Å². The van der Waals surface area contributed by atoms with E-state index >= 15 is 0 Å². The molecule has 7 heteroatoms. The molecule has 1 saturated carbocycles. The van der Waals surface area contributed by atoms with Gasteiger partial charge in [0.1, 0.15) is 5.69 Å². The predicted molar refractivity (Wildman–Crippen MR) is 52.2 cm³/mol. The van der Waals surface area contributed by atoms with Crippen LogP contribution in [0.15, 0.2) is 0 Å². The summed E-state index contributed by atoms with van der Waals surface area (Å²) < 4.78 is 67.4. The standard InChI is InChI=1S/C11H11F5N2/c1-3-18-9-6(8(17-18)11(14,15)16)5-4(2)7(5)10(9,12)13/h4-5,7H,3H2,1-2H3/t4-,5-,7-/m1/s1. The summed E-state index contributed by atoms with van der Waals surface area (Å²) in [6.07, 6.45) is -4.67. The first kappa shape index (κ1) is 11.9. The van der Waals surface area contributed by atoms with Crippen molar-refractivity contribution >= 4 is 0 Å². The van der Waals surface area contributed by atoms with Gasteiger partial charge in [0.2, 0.25) is 0 Å². The molecule has 1 fully saturated rings. The summed E-state index contributed by atoms with van der Waals surface area (Å²) in [6, 6.07) is 0. The van der Waals surface area contributed by atoms with Gasteiger partial charge in [0, 0.05) is 23.9 Å². The van der Waals surface area contributed by atoms with Crippen molar-refractivity contribution in [2.75, 3.05) is 0 Å². The maximum Gasteiger partial charge on any atom is 0.435 e. The summed E-state index contributed by atoms with van der Waals surface area (Å²) in [7, 11) is 0. The summed E-state index contributed by atoms with van der Waals surface area (Å²) in [6.45, 7) is 3.09. The molecule has 2 aliphatic rings. The van der Waals surface area contributed by atoms with Gasteiger partial charge < -0.3 is 0 Å². The molecule has 0 radical (unpaired) electrons. The minimum absolute atomic E-state index is 0.0157. The molecule has 0 N–H and O–H groups in total. The Morgan fingerprint density at radius 3 is 2.44 bits per heavy atom. The molecule has 0 aromatic carbocycles. The van der Waals surface area contributed by atoms with Gasteiger partial charge in [-0.1, -0.05) is 6.92 Å². The Kier molecular flexibility index (Phi) is 2.02. The predicted octanol–water partition coefficient (Wildman–Crippen LogP) is 3.38. The van der Waals surface area contributed by atoms with Crippen LogP contribution in [0.2, 0.25) is 0 Å². The summed E-state index contributed by atoms with van der Waals surface area (Å²) in [5.41, 5.74) is -1.92. The Morgan fingerprint density at radius 1 is 1.33 bits per heavy atom. The fourth-order valence-corrected chi connectivity index (χ4v) is 3.20. The molecule has 0 amide bonds. The van der Waals surface area contributed by atoms with Crippen molar-refractivity contribution in [2.24, 2.45) is 11.8 Å². The molecule has 0 spiro atoms. The maximum absolute atomic E-state index is 14.0. The van der Waals surface area contributed by atoms with E-state index in [-0.39, 0.29) is 12.1 Å². The third-order valence-corrected chi connectivity index (χ3v) is 4.00. The van der Waals surface area contributed by atoms with Crippen LogP contribution in [-0.2, 0) is 18.6 Å². The average Bonchev–Trinajstić information content (AvgIpc) is 2.68. The van der Waals surface area contributed by atoms with Gasteiger partial charge >= 0.3 is 6.18 Å². The first-order valence-electron chi connectivity index (χ1n) is 5.77. The van der Waals surface area contributed by atoms with Crippen molar-refractivity contribution in [3.05, 3.63) is 17.0 Å². The molecule has 2 nitrogen and oxygen atoms in total. The highest BCUT2D eigenvalue weighted by molar-refractivity contribution is 5.48. The summed E-state index contributed by atoms with van der Waals surface area (Å²) in [5.74, 6) is -5.26. The van der Waals surface area contributed by atoms with Gasteiger partial charge in [-0.2, -0.15) is 27.1 Å². The second-order valence-corrected chi connectivity index (χ2v) is 4.96. The zero-order chi connectivity index (χ0) is 13.5. The molecular formula is C11H11F5N2. The fourth-order valence-electron chi connectivity index (χ4n) is 3.20. The summed E-state index contributed by atoms with van der Waals surface area (Å²) >= 11 is 0. The van der Waals surface area contributed by atoms with E-state index in [0.29, 0.717) is 0 Å². The van der Waals surface area contributed by atoms with Crippen LogP contribution < -0.4 is 0 Å². The minimum Gasteiger partial charge on any atom is -0.263 e. The highest BCUT2D eigenvalue weighted by atomic mass is 19.4. The molecule has 1 heterocycles. The number of alkyl halides is 5. The topological polar surface area (TPSA) is 17.8 Å². The van der Waals surface area contributed by atoms with Gasteiger partial charge in [-0.15, -0.1) is 0 Å². The number of rotatable bonds is 1. The van der Waals surface area contributed by atoms with Crippen LogP contribution in [0.25, 0.3) is 0 Å². The van der Waals surface area contributed by atoms with Crippen LogP contribution in [0.5, 0.6) is 0 Å². The largest absolute Gasteiger partial charge is 0.435 e. The van der Waals surface area contributed by atoms with Gasteiger partial charge in [-0.25, -0.2) is 0 Å². The van der Waals surface area contributed by atoms with Crippen LogP contribution in [-0.4, -0.2) is 9.78 Å². The van der Waals surface area contributed by atoms with Crippen molar-refractivity contribution in [3.8, 4) is 0 Å². The molecule has 18 heavy (non-hydrogen) atoms. The lowest BCUT2D eigenvalue weighted by Crippen LogP contribution is -2.20. The monoisotopic (exact) mass is 266 g/mol. The Bertz CT molecular complexity index is 516. The van der Waals surface area contributed by atoms with Gasteiger partial charge in [0.05, 0.1) is 0 Å². The minimum atomic E-state index is -4.67. The Balaban J connectivity index is 2.25. The molecule has 2 aliphatic carbocycles. The van der Waals surface area contributed by atoms with E-state index in [1.54, 1.807) is 6.92 Å². The smallest absolute Gasteiger partial charge is 0.263 e. The molecule has 100 valence electrons. The van der Waals surface area contributed by atoms with Crippen LogP contribution in [0.3, 0.4) is 0 Å². The van der Waals surface area contributed by atoms with Gasteiger partial charge in [-0.05, 0) is 12.8 Å². The van der Waals surface area contributed by atoms with E-state index in [9.17, 15) is 22.0 Å². The van der Waals surface area contributed by atoms with Crippen molar-refractivity contribution in [2.45, 2.75) is 38.4 Å². The number of halogens is 5. The number of aromatic nitrogens is 2. The Labute approximate surface area is 99.8 Å². The number of hydrogen-bond donors (Lipinski definition) is 0. The van der Waals surface area contributed by atoms with Gasteiger partial charge in [-0.3, -0.25) is 4.68 Å². The molecule has 1 aromatic heterocycles. The second-order valence-electron chi connectivity index (χ2n) is 4.96. The molecule has 3 atom stereocenters. The first-order chi connectivity index (χ1) is 8.21. The maximum atomic E-state index is 14.0. The third-order valence-electron chi connectivity index (χ3n) is 4.00. The normalized spacial score (nSPS) is 32.3. The summed E-state index contributed by atoms with van der Waals surface area (Å²) in [4.78, 5) is 0. The molecule has 0 aliphatic heterocycles. The van der Waals surface area contributed by atoms with Crippen LogP contribution in [0, 0.1) is 11.8 Å². The highest BCUT2D eigenvalue weighted by Crippen LogP contribution is 2.71. The van der Waals surface area contributed by atoms with Gasteiger partial charge in [0.15, 0.2) is 5.69 Å². The molecule has 1 aromatic rings. The zero-order valence-corrected chi connectivity index (χ0v) is 9.72. The summed E-state index contributed by atoms with van der Waals surface area (Å²) in [5, 5.41) is 3.34. The third kappa shape index (κ3) is 1.20. The van der Waals surface area contributed by atoms with E-state index in [4.69, 9.17) is 0 Å². The SMILES string of the molecule is CCn1nc(C(F)(F)F)c2c1C(F)(F)[C@@H]1[C@H](C)[C@H]21. The molecule has 0 saturated heterocycles. The Hall–Kier alpha value is -1.14. The lowest BCUT2D eigenvalue weighted by atomic mass is 10.1. The van der Waals surface area contributed by atoms with E-state index in [1.165, 1.54) is 6.92 Å². The molecule has 0 unspecified atom stereocenters. The quantitative estimate of drug-likeness (QED) is 0.712. The number of hydrogen-bond acceptors (Lipinski definition) is 1. The van der Waals surface area contributed by atoms with Crippen LogP contribution in [0.4, 0.5) is 22.0 Å². The van der Waals surface area contributed by atoms with Crippen molar-refractivity contribution in [1.29, 1.82) is 0 Å². The highest BCUT2D eigenvalue weighted by Gasteiger charge is 2.72. The van der Waals surface area contributed by atoms with Crippen LogP contribution >= 0.6 is 0 Å². The zero-order valence-electron chi connectivity index (χ0n) is 9.72. The fraction of sp³-hybridized carbons (Fsp3) is 0.727. The number of nitrogens with zero attached hydrogens (tertiary/aromatic N) is 2. The molecule has 3 rings (SSSR count). The number of aryl methyl sites for hydroxylation is 1. The van der Waals surface area contributed by atoms with Gasteiger partial charge in [0.25, 0.3) is 5.92 Å². The van der Waals surface area contributed by atoms with Crippen molar-refractivity contribution in [1.82, 2.24) is 9.78 Å². The molecular weight excluding hydrogens is 255 g/mol. The second kappa shape index (κ2) is 3.05. The lowest BCUT2D eigenvalue weighted by Gasteiger charge is -2.15. The average molecular weight is 266 g/mol.